The van der Waals surface area contributed by atoms with Crippen LogP contribution in [-0.2, 0) is 9.59 Å². The number of carbonyl (C=O) groups is 2. The van der Waals surface area contributed by atoms with E-state index in [-0.39, 0.29) is 5.41 Å². The molecule has 0 unspecified atom stereocenters. The Morgan fingerprint density at radius 2 is 1.56 bits per heavy atom. The number of aliphatic hydroxyl groups excluding tert-OH is 1. The fourth-order valence-electron chi connectivity index (χ4n) is 7.60. The van der Waals surface area contributed by atoms with E-state index in [2.05, 4.69) is 6.92 Å². The van der Waals surface area contributed by atoms with Crippen molar-refractivity contribution in [3.8, 4) is 0 Å². The van der Waals surface area contributed by atoms with E-state index in [1.165, 1.54) is 62.5 Å². The summed E-state index contributed by atoms with van der Waals surface area (Å²) in [6.07, 6.45) is 21.1. The fraction of sp³-hybridized carbons (Fsp3) is 0.793. The van der Waals surface area contributed by atoms with Gasteiger partial charge in [0.05, 0.1) is 0 Å². The van der Waals surface area contributed by atoms with Gasteiger partial charge in [-0.3, -0.25) is 9.59 Å². The molecule has 0 heterocycles. The fourth-order valence-corrected chi connectivity index (χ4v) is 7.60. The second kappa shape index (κ2) is 10.8. The van der Waals surface area contributed by atoms with Gasteiger partial charge in [-0.1, -0.05) is 63.9 Å². The number of carbonyl (C=O) groups excluding carboxylic acids is 2. The van der Waals surface area contributed by atoms with Gasteiger partial charge in [0.15, 0.2) is 5.78 Å². The van der Waals surface area contributed by atoms with Crippen molar-refractivity contribution < 1.29 is 14.7 Å². The molecule has 178 valence electrons. The van der Waals surface area contributed by atoms with E-state index in [0.29, 0.717) is 42.3 Å². The van der Waals surface area contributed by atoms with Crippen molar-refractivity contribution in [2.45, 2.75) is 116 Å². The van der Waals surface area contributed by atoms with Gasteiger partial charge in [-0.25, -0.2) is 0 Å². The molecule has 0 aromatic heterocycles. The molecule has 0 bridgehead atoms. The van der Waals surface area contributed by atoms with Crippen LogP contribution in [0.25, 0.3) is 0 Å². The topological polar surface area (TPSA) is 54.4 Å². The van der Waals surface area contributed by atoms with Crippen molar-refractivity contribution in [1.29, 1.82) is 0 Å². The van der Waals surface area contributed by atoms with Crippen molar-refractivity contribution in [2.24, 2.45) is 23.2 Å². The quantitative estimate of drug-likeness (QED) is 0.356. The van der Waals surface area contributed by atoms with E-state index in [9.17, 15) is 9.59 Å². The van der Waals surface area contributed by atoms with E-state index in [4.69, 9.17) is 5.11 Å². The summed E-state index contributed by atoms with van der Waals surface area (Å²) in [6, 6.07) is 0. The highest BCUT2D eigenvalue weighted by Crippen LogP contribution is 2.61. The predicted molar refractivity (Wildman–Crippen MR) is 129 cm³/mol. The SMILES string of the molecule is C[C@]12C[C@H](CCCCCCCCCCCO)C3=C4CCC(=O)C=C4CC[C@H]3[C@@H]1CCC2=O. The molecule has 0 aromatic carbocycles. The predicted octanol–water partition coefficient (Wildman–Crippen LogP) is 6.88. The first-order valence-electron chi connectivity index (χ1n) is 13.7. The van der Waals surface area contributed by atoms with Gasteiger partial charge in [0.25, 0.3) is 0 Å². The summed E-state index contributed by atoms with van der Waals surface area (Å²) in [6.45, 7) is 2.62. The van der Waals surface area contributed by atoms with Crippen molar-refractivity contribution >= 4 is 11.6 Å². The highest BCUT2D eigenvalue weighted by molar-refractivity contribution is 5.93. The number of allylic oxidation sites excluding steroid dienone is 4. The van der Waals surface area contributed by atoms with Gasteiger partial charge >= 0.3 is 0 Å². The summed E-state index contributed by atoms with van der Waals surface area (Å²) in [5.41, 5.74) is 4.47. The average Bonchev–Trinajstić information content (AvgIpc) is 3.08. The lowest BCUT2D eigenvalue weighted by molar-refractivity contribution is -0.129. The lowest BCUT2D eigenvalue weighted by Crippen LogP contribution is -2.44. The van der Waals surface area contributed by atoms with Gasteiger partial charge in [0.1, 0.15) is 5.78 Å². The molecule has 2 fully saturated rings. The van der Waals surface area contributed by atoms with Crippen LogP contribution < -0.4 is 0 Å². The van der Waals surface area contributed by atoms with E-state index in [0.717, 1.165) is 51.4 Å². The van der Waals surface area contributed by atoms with Gasteiger partial charge in [-0.05, 0) is 79.9 Å². The first-order valence-corrected chi connectivity index (χ1v) is 13.7. The largest absolute Gasteiger partial charge is 0.396 e. The number of aliphatic hydroxyl groups is 1. The molecule has 4 aliphatic rings. The van der Waals surface area contributed by atoms with E-state index >= 15 is 0 Å². The molecule has 4 rings (SSSR count). The summed E-state index contributed by atoms with van der Waals surface area (Å²) in [5.74, 6) is 2.52. The Bertz CT molecular complexity index is 760. The minimum atomic E-state index is -0.0976. The summed E-state index contributed by atoms with van der Waals surface area (Å²) in [5, 5.41) is 8.86. The van der Waals surface area contributed by atoms with E-state index in [1.54, 1.807) is 5.57 Å². The zero-order valence-corrected chi connectivity index (χ0v) is 20.3. The molecule has 4 atom stereocenters. The summed E-state index contributed by atoms with van der Waals surface area (Å²) < 4.78 is 0. The lowest BCUT2D eigenvalue weighted by atomic mass is 9.53. The van der Waals surface area contributed by atoms with Crippen molar-refractivity contribution in [2.75, 3.05) is 6.61 Å². The first-order chi connectivity index (χ1) is 15.5. The maximum Gasteiger partial charge on any atom is 0.156 e. The molecule has 0 spiro atoms. The van der Waals surface area contributed by atoms with Crippen LogP contribution in [0.3, 0.4) is 0 Å². The molecular formula is C29H44O3. The highest BCUT2D eigenvalue weighted by Gasteiger charge is 2.55. The normalized spacial score (nSPS) is 31.9. The molecule has 0 saturated heterocycles. The zero-order valence-electron chi connectivity index (χ0n) is 20.3. The second-order valence-corrected chi connectivity index (χ2v) is 11.3. The van der Waals surface area contributed by atoms with Crippen molar-refractivity contribution in [3.63, 3.8) is 0 Å². The number of Topliss-reactive ketones (excluding diaryl/α,β-unsaturated/α-hetero) is 1. The maximum atomic E-state index is 12.9. The Labute approximate surface area is 195 Å². The molecule has 3 heteroatoms. The first kappa shape index (κ1) is 23.9. The highest BCUT2D eigenvalue weighted by atomic mass is 16.2. The van der Waals surface area contributed by atoms with E-state index < -0.39 is 0 Å². The van der Waals surface area contributed by atoms with Crippen LogP contribution in [0.1, 0.15) is 116 Å². The molecule has 32 heavy (non-hydrogen) atoms. The molecule has 0 aliphatic heterocycles. The standard InChI is InChI=1S/C29H44O3/c1-29-20-22(11-9-7-5-3-2-4-6-8-10-18-30)28-24-15-13-23(31)19-21(24)12-14-25(28)26(29)16-17-27(29)32/h19,22,25-26,30H,2-18,20H2,1H3/t22-,25-,26-,29-/m0/s1. The number of hydrogen-bond acceptors (Lipinski definition) is 3. The van der Waals surface area contributed by atoms with Crippen LogP contribution in [0.5, 0.6) is 0 Å². The summed E-state index contributed by atoms with van der Waals surface area (Å²) in [4.78, 5) is 25.0. The van der Waals surface area contributed by atoms with Crippen molar-refractivity contribution in [3.05, 3.63) is 22.8 Å². The minimum absolute atomic E-state index is 0.0976. The third-order valence-corrected chi connectivity index (χ3v) is 9.26. The Kier molecular flexibility index (Phi) is 8.08. The Morgan fingerprint density at radius 3 is 2.28 bits per heavy atom. The smallest absolute Gasteiger partial charge is 0.156 e. The minimum Gasteiger partial charge on any atom is -0.396 e. The van der Waals surface area contributed by atoms with Crippen LogP contribution in [0.2, 0.25) is 0 Å². The zero-order chi connectivity index (χ0) is 22.6. The molecule has 0 amide bonds. The van der Waals surface area contributed by atoms with Crippen LogP contribution in [0, 0.1) is 23.2 Å². The lowest BCUT2D eigenvalue weighted by Gasteiger charge is -2.50. The van der Waals surface area contributed by atoms with Gasteiger partial charge in [-0.15, -0.1) is 0 Å². The monoisotopic (exact) mass is 440 g/mol. The van der Waals surface area contributed by atoms with E-state index in [1.807, 2.05) is 6.08 Å². The molecular weight excluding hydrogens is 396 g/mol. The third-order valence-electron chi connectivity index (χ3n) is 9.26. The number of unbranched alkanes of at least 4 members (excludes halogenated alkanes) is 8. The number of hydrogen-bond donors (Lipinski definition) is 1. The van der Waals surface area contributed by atoms with Gasteiger partial charge in [0, 0.05) is 24.9 Å². The second-order valence-electron chi connectivity index (χ2n) is 11.3. The van der Waals surface area contributed by atoms with Crippen LogP contribution in [-0.4, -0.2) is 23.3 Å². The van der Waals surface area contributed by atoms with Gasteiger partial charge in [-0.2, -0.15) is 0 Å². The molecule has 4 aliphatic carbocycles. The number of ketones is 2. The number of rotatable bonds is 11. The molecule has 3 nitrogen and oxygen atoms in total. The average molecular weight is 441 g/mol. The summed E-state index contributed by atoms with van der Waals surface area (Å²) >= 11 is 0. The Balaban J connectivity index is 1.37. The van der Waals surface area contributed by atoms with Crippen LogP contribution >= 0.6 is 0 Å². The maximum absolute atomic E-state index is 12.9. The number of fused-ring (bicyclic) bond motifs is 4. The van der Waals surface area contributed by atoms with Crippen LogP contribution in [0.15, 0.2) is 22.8 Å². The van der Waals surface area contributed by atoms with Crippen molar-refractivity contribution in [1.82, 2.24) is 0 Å². The summed E-state index contributed by atoms with van der Waals surface area (Å²) in [7, 11) is 0. The Morgan fingerprint density at radius 1 is 0.875 bits per heavy atom. The van der Waals surface area contributed by atoms with Gasteiger partial charge < -0.3 is 5.11 Å². The Hall–Kier alpha value is -1.22. The molecule has 2 saturated carbocycles. The van der Waals surface area contributed by atoms with Gasteiger partial charge in [0.2, 0.25) is 0 Å². The third kappa shape index (κ3) is 4.98. The molecule has 0 aromatic rings. The molecule has 0 radical (unpaired) electrons. The van der Waals surface area contributed by atoms with Crippen LogP contribution in [0.4, 0.5) is 0 Å². The molecule has 1 N–H and O–H groups in total.